The van der Waals surface area contributed by atoms with E-state index in [9.17, 15) is 0 Å². The van der Waals surface area contributed by atoms with E-state index in [-0.39, 0.29) is 0 Å². The summed E-state index contributed by atoms with van der Waals surface area (Å²) in [4.78, 5) is 9.33. The zero-order valence-corrected chi connectivity index (χ0v) is 14.2. The lowest BCUT2D eigenvalue weighted by Gasteiger charge is -2.49. The summed E-state index contributed by atoms with van der Waals surface area (Å²) in [6, 6.07) is 4.70. The van der Waals surface area contributed by atoms with Crippen molar-refractivity contribution < 1.29 is 0 Å². The third-order valence-corrected chi connectivity index (χ3v) is 4.94. The molecule has 0 bridgehead atoms. The summed E-state index contributed by atoms with van der Waals surface area (Å²) in [7, 11) is 6.54. The van der Waals surface area contributed by atoms with Crippen LogP contribution in [0.1, 0.15) is 44.7 Å². The first-order chi connectivity index (χ1) is 9.98. The van der Waals surface area contributed by atoms with E-state index in [2.05, 4.69) is 67.2 Å². The molecule has 1 atom stereocenters. The molecule has 4 heteroatoms. The minimum atomic E-state index is 0.339. The molecule has 1 aromatic rings. The minimum Gasteiger partial charge on any atom is -0.358 e. The summed E-state index contributed by atoms with van der Waals surface area (Å²) in [6.45, 7) is 6.34. The van der Waals surface area contributed by atoms with Crippen LogP contribution in [0.15, 0.2) is 18.3 Å². The Morgan fingerprint density at radius 2 is 2.00 bits per heavy atom. The fraction of sp³-hybridized carbons (Fsp3) is 0.706. The van der Waals surface area contributed by atoms with Crippen LogP contribution in [0.25, 0.3) is 0 Å². The molecule has 1 unspecified atom stereocenters. The standard InChI is InChI=1S/C17H30N4/c1-6-18-14(2)15-8-9-16(19-12-15)21(5)13-17(20(3)4)10-7-11-17/h8-9,12,14,18H,6-7,10-11,13H2,1-5H3. The van der Waals surface area contributed by atoms with Crippen molar-refractivity contribution in [3.05, 3.63) is 23.9 Å². The highest BCUT2D eigenvalue weighted by molar-refractivity contribution is 5.39. The van der Waals surface area contributed by atoms with Crippen molar-refractivity contribution in [3.8, 4) is 0 Å². The molecule has 1 aromatic heterocycles. The molecule has 1 saturated carbocycles. The molecule has 1 aliphatic carbocycles. The predicted octanol–water partition coefficient (Wildman–Crippen LogP) is 2.67. The molecule has 0 spiro atoms. The topological polar surface area (TPSA) is 31.4 Å². The Morgan fingerprint density at radius 1 is 1.29 bits per heavy atom. The summed E-state index contributed by atoms with van der Waals surface area (Å²) >= 11 is 0. The van der Waals surface area contributed by atoms with Gasteiger partial charge in [-0.25, -0.2) is 4.98 Å². The molecule has 1 fully saturated rings. The smallest absolute Gasteiger partial charge is 0.128 e. The van der Waals surface area contributed by atoms with E-state index in [0.717, 1.165) is 18.9 Å². The molecule has 1 N–H and O–H groups in total. The number of hydrogen-bond donors (Lipinski definition) is 1. The van der Waals surface area contributed by atoms with Crippen LogP contribution >= 0.6 is 0 Å². The normalized spacial score (nSPS) is 18.4. The maximum atomic E-state index is 4.65. The first-order valence-corrected chi connectivity index (χ1v) is 8.06. The fourth-order valence-electron chi connectivity index (χ4n) is 3.16. The van der Waals surface area contributed by atoms with Crippen LogP contribution in [0.4, 0.5) is 5.82 Å². The molecular weight excluding hydrogens is 260 g/mol. The van der Waals surface area contributed by atoms with Crippen molar-refractivity contribution in [1.82, 2.24) is 15.2 Å². The van der Waals surface area contributed by atoms with Gasteiger partial charge in [-0.05, 0) is 58.5 Å². The van der Waals surface area contributed by atoms with Gasteiger partial charge in [-0.2, -0.15) is 0 Å². The van der Waals surface area contributed by atoms with Gasteiger partial charge < -0.3 is 15.1 Å². The molecule has 0 radical (unpaired) electrons. The quantitative estimate of drug-likeness (QED) is 0.836. The zero-order chi connectivity index (χ0) is 15.5. The van der Waals surface area contributed by atoms with Crippen molar-refractivity contribution in [2.75, 3.05) is 39.1 Å². The monoisotopic (exact) mass is 290 g/mol. The van der Waals surface area contributed by atoms with E-state index < -0.39 is 0 Å². The lowest BCUT2D eigenvalue weighted by atomic mass is 9.75. The largest absolute Gasteiger partial charge is 0.358 e. The van der Waals surface area contributed by atoms with E-state index in [1.807, 2.05) is 6.20 Å². The summed E-state index contributed by atoms with van der Waals surface area (Å²) in [5, 5.41) is 3.42. The molecule has 0 aliphatic heterocycles. The van der Waals surface area contributed by atoms with Gasteiger partial charge in [0.2, 0.25) is 0 Å². The molecule has 0 amide bonds. The van der Waals surface area contributed by atoms with Crippen LogP contribution in [0, 0.1) is 0 Å². The second-order valence-corrected chi connectivity index (χ2v) is 6.56. The highest BCUT2D eigenvalue weighted by atomic mass is 15.2. The van der Waals surface area contributed by atoms with E-state index in [0.29, 0.717) is 11.6 Å². The highest BCUT2D eigenvalue weighted by Gasteiger charge is 2.40. The minimum absolute atomic E-state index is 0.339. The maximum Gasteiger partial charge on any atom is 0.128 e. The van der Waals surface area contributed by atoms with Gasteiger partial charge in [0.1, 0.15) is 5.82 Å². The Kier molecular flexibility index (Phi) is 5.22. The first kappa shape index (κ1) is 16.2. The third kappa shape index (κ3) is 3.55. The Bertz CT molecular complexity index is 437. The molecule has 118 valence electrons. The number of aromatic nitrogens is 1. The second kappa shape index (κ2) is 6.75. The Hall–Kier alpha value is -1.13. The first-order valence-electron chi connectivity index (χ1n) is 8.06. The average molecular weight is 290 g/mol. The molecule has 0 saturated heterocycles. The van der Waals surface area contributed by atoms with Crippen LogP contribution in [0.5, 0.6) is 0 Å². The van der Waals surface area contributed by atoms with Crippen LogP contribution in [-0.4, -0.2) is 49.7 Å². The van der Waals surface area contributed by atoms with Gasteiger partial charge in [0, 0.05) is 31.4 Å². The number of nitrogens with zero attached hydrogens (tertiary/aromatic N) is 3. The summed E-state index contributed by atoms with van der Waals surface area (Å²) in [5.41, 5.74) is 1.59. The van der Waals surface area contributed by atoms with Crippen molar-refractivity contribution in [2.45, 2.75) is 44.7 Å². The van der Waals surface area contributed by atoms with Crippen molar-refractivity contribution in [2.24, 2.45) is 0 Å². The van der Waals surface area contributed by atoms with Crippen molar-refractivity contribution in [1.29, 1.82) is 0 Å². The third-order valence-electron chi connectivity index (χ3n) is 4.94. The molecule has 1 aliphatic rings. The van der Waals surface area contributed by atoms with E-state index in [1.54, 1.807) is 0 Å². The van der Waals surface area contributed by atoms with Gasteiger partial charge in [-0.3, -0.25) is 0 Å². The fourth-order valence-corrected chi connectivity index (χ4v) is 3.16. The number of rotatable bonds is 7. The van der Waals surface area contributed by atoms with E-state index in [1.165, 1.54) is 24.8 Å². The number of pyridine rings is 1. The summed E-state index contributed by atoms with van der Waals surface area (Å²) in [5.74, 6) is 1.07. The van der Waals surface area contributed by atoms with Crippen LogP contribution in [0.3, 0.4) is 0 Å². The predicted molar refractivity (Wildman–Crippen MR) is 89.9 cm³/mol. The van der Waals surface area contributed by atoms with Crippen LogP contribution in [0.2, 0.25) is 0 Å². The Morgan fingerprint density at radius 3 is 2.43 bits per heavy atom. The van der Waals surface area contributed by atoms with Gasteiger partial charge in [-0.15, -0.1) is 0 Å². The lowest BCUT2D eigenvalue weighted by molar-refractivity contribution is 0.0682. The van der Waals surface area contributed by atoms with Crippen molar-refractivity contribution >= 4 is 5.82 Å². The molecule has 1 heterocycles. The Labute approximate surface area is 129 Å². The second-order valence-electron chi connectivity index (χ2n) is 6.56. The maximum absolute atomic E-state index is 4.65. The molecule has 2 rings (SSSR count). The molecular formula is C17H30N4. The van der Waals surface area contributed by atoms with E-state index in [4.69, 9.17) is 0 Å². The molecule has 21 heavy (non-hydrogen) atoms. The lowest BCUT2D eigenvalue weighted by Crippen LogP contribution is -2.56. The summed E-state index contributed by atoms with van der Waals surface area (Å²) in [6.07, 6.45) is 5.93. The van der Waals surface area contributed by atoms with Gasteiger partial charge in [0.25, 0.3) is 0 Å². The molecule has 0 aromatic carbocycles. The van der Waals surface area contributed by atoms with Gasteiger partial charge in [0.05, 0.1) is 0 Å². The number of hydrogen-bond acceptors (Lipinski definition) is 4. The Balaban J connectivity index is 2.01. The van der Waals surface area contributed by atoms with Gasteiger partial charge in [-0.1, -0.05) is 13.0 Å². The van der Waals surface area contributed by atoms with Crippen molar-refractivity contribution in [3.63, 3.8) is 0 Å². The summed E-state index contributed by atoms with van der Waals surface area (Å²) < 4.78 is 0. The van der Waals surface area contributed by atoms with Gasteiger partial charge >= 0.3 is 0 Å². The number of likely N-dealkylation sites (N-methyl/N-ethyl adjacent to an activating group) is 2. The zero-order valence-electron chi connectivity index (χ0n) is 14.2. The van der Waals surface area contributed by atoms with Crippen LogP contribution in [-0.2, 0) is 0 Å². The average Bonchev–Trinajstić information content (AvgIpc) is 2.42. The van der Waals surface area contributed by atoms with Gasteiger partial charge in [0.15, 0.2) is 0 Å². The number of nitrogens with one attached hydrogen (secondary N) is 1. The highest BCUT2D eigenvalue weighted by Crippen LogP contribution is 2.37. The van der Waals surface area contributed by atoms with E-state index >= 15 is 0 Å². The number of anilines is 1. The molecule has 4 nitrogen and oxygen atoms in total. The van der Waals surface area contributed by atoms with Crippen LogP contribution < -0.4 is 10.2 Å². The SMILES string of the molecule is CCNC(C)c1ccc(N(C)CC2(N(C)C)CCC2)nc1.